The lowest BCUT2D eigenvalue weighted by atomic mass is 9.89. The van der Waals surface area contributed by atoms with Gasteiger partial charge in [-0.25, -0.2) is 12.8 Å². The van der Waals surface area contributed by atoms with E-state index in [0.29, 0.717) is 26.1 Å². The van der Waals surface area contributed by atoms with Gasteiger partial charge in [-0.3, -0.25) is 9.59 Å². The molecule has 2 aromatic carbocycles. The number of hydrogen-bond donors (Lipinski definition) is 3. The van der Waals surface area contributed by atoms with E-state index < -0.39 is 45.5 Å². The minimum Gasteiger partial charge on any atom is -0.489 e. The molecule has 1 aliphatic heterocycles. The molecule has 0 bridgehead atoms. The van der Waals surface area contributed by atoms with Crippen LogP contribution in [0.4, 0.5) is 4.39 Å². The van der Waals surface area contributed by atoms with E-state index in [2.05, 4.69) is 4.72 Å². The smallest absolute Gasteiger partial charge is 0.328 e. The second kappa shape index (κ2) is 12.2. The Morgan fingerprint density at radius 1 is 1.27 bits per heavy atom. The quantitative estimate of drug-likeness (QED) is 0.317. The number of carboxylic acid groups (broad SMARTS) is 1. The van der Waals surface area contributed by atoms with Crippen LogP contribution in [0.15, 0.2) is 47.4 Å². The number of nitrogens with one attached hydrogen (secondary N) is 1. The van der Waals surface area contributed by atoms with E-state index in [4.69, 9.17) is 31.5 Å². The van der Waals surface area contributed by atoms with Gasteiger partial charge >= 0.3 is 5.97 Å². The third kappa shape index (κ3) is 6.96. The lowest BCUT2D eigenvalue weighted by Gasteiger charge is -2.28. The molecule has 0 aliphatic carbocycles. The molecule has 0 saturated carbocycles. The predicted molar refractivity (Wildman–Crippen MR) is 131 cm³/mol. The van der Waals surface area contributed by atoms with Crippen molar-refractivity contribution in [2.75, 3.05) is 13.2 Å². The largest absolute Gasteiger partial charge is 0.489 e. The van der Waals surface area contributed by atoms with Gasteiger partial charge in [0.2, 0.25) is 15.9 Å². The molecule has 3 unspecified atom stereocenters. The van der Waals surface area contributed by atoms with Crippen molar-refractivity contribution in [1.29, 1.82) is 0 Å². The monoisotopic (exact) mass is 558 g/mol. The zero-order valence-electron chi connectivity index (χ0n) is 20.0. The normalized spacial score (nSPS) is 21.6. The Labute approximate surface area is 218 Å². The number of sulfonamides is 1. The van der Waals surface area contributed by atoms with Gasteiger partial charge in [0.25, 0.3) is 0 Å². The second-order valence-electron chi connectivity index (χ2n) is 8.46. The standard InChI is InChI=1S/C24H28ClFN2O8S/c1-2-34-11-3-4-18-13-24(23(30)31,21(36-18)22(27)29)28-37(32,33)19-9-7-17(8-10-19)35-14-15-5-6-16(25)12-20(15)26/h5-10,12,18,21,28H,2-4,11,13-14H2,1H3,(H2,27,29)(H,30,31). The fourth-order valence-electron chi connectivity index (χ4n) is 4.01. The molecular formula is C24H28ClFN2O8S. The fraction of sp³-hybridized carbons (Fsp3) is 0.417. The number of benzene rings is 2. The van der Waals surface area contributed by atoms with Gasteiger partial charge in [0.05, 0.1) is 11.0 Å². The number of halogens is 2. The first kappa shape index (κ1) is 28.8. The Morgan fingerprint density at radius 3 is 2.57 bits per heavy atom. The van der Waals surface area contributed by atoms with E-state index in [9.17, 15) is 27.5 Å². The number of ether oxygens (including phenoxy) is 3. The van der Waals surface area contributed by atoms with Crippen LogP contribution < -0.4 is 15.2 Å². The van der Waals surface area contributed by atoms with Crippen LogP contribution in [-0.2, 0) is 35.7 Å². The lowest BCUT2D eigenvalue weighted by molar-refractivity contribution is -0.150. The molecule has 1 aliphatic rings. The molecule has 0 spiro atoms. The van der Waals surface area contributed by atoms with Crippen LogP contribution in [0.5, 0.6) is 5.75 Å². The summed E-state index contributed by atoms with van der Waals surface area (Å²) in [6, 6.07) is 9.19. The molecule has 3 atom stereocenters. The highest BCUT2D eigenvalue weighted by atomic mass is 35.5. The molecule has 0 radical (unpaired) electrons. The van der Waals surface area contributed by atoms with Crippen molar-refractivity contribution in [3.63, 3.8) is 0 Å². The maximum atomic E-state index is 13.9. The van der Waals surface area contributed by atoms with Gasteiger partial charge < -0.3 is 25.1 Å². The van der Waals surface area contributed by atoms with Gasteiger partial charge in [0.15, 0.2) is 11.6 Å². The molecule has 3 rings (SSSR count). The average Bonchev–Trinajstić information content (AvgIpc) is 3.21. The summed E-state index contributed by atoms with van der Waals surface area (Å²) in [4.78, 5) is 24.1. The summed E-state index contributed by atoms with van der Waals surface area (Å²) in [5.74, 6) is -2.99. The summed E-state index contributed by atoms with van der Waals surface area (Å²) in [6.07, 6.45) is -1.86. The van der Waals surface area contributed by atoms with Crippen LogP contribution in [0.25, 0.3) is 0 Å². The minimum absolute atomic E-state index is 0.127. The number of carbonyl (C=O) groups is 2. The molecule has 0 aromatic heterocycles. The van der Waals surface area contributed by atoms with Gasteiger partial charge in [-0.2, -0.15) is 4.72 Å². The number of carbonyl (C=O) groups excluding carboxylic acids is 1. The molecule has 13 heteroatoms. The van der Waals surface area contributed by atoms with Gasteiger partial charge in [-0.15, -0.1) is 0 Å². The molecule has 1 amide bonds. The number of hydrogen-bond acceptors (Lipinski definition) is 7. The topological polar surface area (TPSA) is 154 Å². The molecule has 2 aromatic rings. The van der Waals surface area contributed by atoms with Crippen molar-refractivity contribution in [2.45, 2.75) is 55.4 Å². The summed E-state index contributed by atoms with van der Waals surface area (Å²) >= 11 is 5.73. The summed E-state index contributed by atoms with van der Waals surface area (Å²) in [7, 11) is -4.44. The maximum absolute atomic E-state index is 13.9. The molecule has 4 N–H and O–H groups in total. The van der Waals surface area contributed by atoms with E-state index >= 15 is 0 Å². The predicted octanol–water partition coefficient (Wildman–Crippen LogP) is 2.62. The van der Waals surface area contributed by atoms with Crippen molar-refractivity contribution in [1.82, 2.24) is 4.72 Å². The van der Waals surface area contributed by atoms with Crippen molar-refractivity contribution in [3.05, 3.63) is 58.9 Å². The van der Waals surface area contributed by atoms with Gasteiger partial charge in [0, 0.05) is 30.2 Å². The van der Waals surface area contributed by atoms with Crippen molar-refractivity contribution in [3.8, 4) is 5.75 Å². The fourth-order valence-corrected chi connectivity index (χ4v) is 5.54. The van der Waals surface area contributed by atoms with Crippen LogP contribution in [0.2, 0.25) is 5.02 Å². The van der Waals surface area contributed by atoms with Gasteiger partial charge in [0.1, 0.15) is 18.2 Å². The van der Waals surface area contributed by atoms with Crippen molar-refractivity contribution in [2.24, 2.45) is 5.73 Å². The zero-order valence-corrected chi connectivity index (χ0v) is 21.6. The highest BCUT2D eigenvalue weighted by Crippen LogP contribution is 2.35. The van der Waals surface area contributed by atoms with Gasteiger partial charge in [-0.1, -0.05) is 17.7 Å². The zero-order chi connectivity index (χ0) is 27.2. The summed E-state index contributed by atoms with van der Waals surface area (Å²) in [5.41, 5.74) is 3.35. The van der Waals surface area contributed by atoms with Crippen LogP contribution in [0.1, 0.15) is 31.7 Å². The number of nitrogens with two attached hydrogens (primary N) is 1. The highest BCUT2D eigenvalue weighted by molar-refractivity contribution is 7.89. The Bertz CT molecular complexity index is 1230. The van der Waals surface area contributed by atoms with Gasteiger partial charge in [-0.05, 0) is 56.2 Å². The van der Waals surface area contributed by atoms with E-state index in [1.54, 1.807) is 0 Å². The molecule has 1 heterocycles. The first-order valence-electron chi connectivity index (χ1n) is 11.4. The SMILES string of the molecule is CCOCCCC1CC(NS(=O)(=O)c2ccc(OCc3ccc(Cl)cc3F)cc2)(C(=O)O)C(C(N)=O)O1. The average molecular weight is 559 g/mol. The summed E-state index contributed by atoms with van der Waals surface area (Å²) in [5, 5.41) is 10.2. The van der Waals surface area contributed by atoms with E-state index in [1.807, 2.05) is 6.92 Å². The number of aliphatic carboxylic acids is 1. The maximum Gasteiger partial charge on any atom is 0.328 e. The molecule has 1 fully saturated rings. The Hall–Kier alpha value is -2.77. The van der Waals surface area contributed by atoms with E-state index in [1.165, 1.54) is 36.4 Å². The van der Waals surface area contributed by atoms with Crippen molar-refractivity contribution < 1.29 is 41.7 Å². The number of rotatable bonds is 13. The second-order valence-corrected chi connectivity index (χ2v) is 10.6. The number of primary amides is 1. The minimum atomic E-state index is -4.44. The van der Waals surface area contributed by atoms with Crippen LogP contribution >= 0.6 is 11.6 Å². The van der Waals surface area contributed by atoms with E-state index in [-0.39, 0.29) is 34.3 Å². The molecule has 37 heavy (non-hydrogen) atoms. The summed E-state index contributed by atoms with van der Waals surface area (Å²) in [6.45, 7) is 2.62. The molecular weight excluding hydrogens is 531 g/mol. The van der Waals surface area contributed by atoms with Crippen LogP contribution in [0, 0.1) is 5.82 Å². The highest BCUT2D eigenvalue weighted by Gasteiger charge is 2.59. The lowest BCUT2D eigenvalue weighted by Crippen LogP contribution is -2.62. The van der Waals surface area contributed by atoms with Crippen molar-refractivity contribution >= 4 is 33.5 Å². The Kier molecular flexibility index (Phi) is 9.48. The Balaban J connectivity index is 1.75. The summed E-state index contributed by atoms with van der Waals surface area (Å²) < 4.78 is 58.7. The number of amides is 1. The third-order valence-electron chi connectivity index (χ3n) is 5.84. The third-order valence-corrected chi connectivity index (χ3v) is 7.61. The van der Waals surface area contributed by atoms with Crippen LogP contribution in [0.3, 0.4) is 0 Å². The number of carboxylic acids is 1. The molecule has 202 valence electrons. The van der Waals surface area contributed by atoms with Crippen LogP contribution in [-0.4, -0.2) is 56.4 Å². The van der Waals surface area contributed by atoms with E-state index in [0.717, 1.165) is 6.07 Å². The molecule has 10 nitrogen and oxygen atoms in total. The Morgan fingerprint density at radius 2 is 1.97 bits per heavy atom. The first-order valence-corrected chi connectivity index (χ1v) is 13.3. The molecule has 1 saturated heterocycles. The first-order chi connectivity index (χ1) is 17.5.